The fourth-order valence-corrected chi connectivity index (χ4v) is 6.54. The van der Waals surface area contributed by atoms with Crippen LogP contribution in [0.15, 0.2) is 87.4 Å². The van der Waals surface area contributed by atoms with E-state index >= 15 is 0 Å². The van der Waals surface area contributed by atoms with Gasteiger partial charge in [0.05, 0.1) is 15.2 Å². The van der Waals surface area contributed by atoms with Crippen molar-refractivity contribution in [3.63, 3.8) is 0 Å². The molecule has 0 radical (unpaired) electrons. The second-order valence-electron chi connectivity index (χ2n) is 13.6. The van der Waals surface area contributed by atoms with E-state index in [1.807, 2.05) is 70.2 Å². The van der Waals surface area contributed by atoms with Gasteiger partial charge in [0.25, 0.3) is 0 Å². The summed E-state index contributed by atoms with van der Waals surface area (Å²) in [6, 6.07) is 18.5. The van der Waals surface area contributed by atoms with E-state index in [1.165, 1.54) is 5.57 Å². The van der Waals surface area contributed by atoms with Gasteiger partial charge in [-0.05, 0) is 112 Å². The van der Waals surface area contributed by atoms with Gasteiger partial charge >= 0.3 is 11.9 Å². The number of hydrogen-bond donors (Lipinski definition) is 0. The molecule has 0 spiro atoms. The third-order valence-corrected chi connectivity index (χ3v) is 9.49. The molecule has 2 aliphatic carbocycles. The van der Waals surface area contributed by atoms with Crippen LogP contribution in [0.3, 0.4) is 0 Å². The fraction of sp³-hybridized carbons (Fsp3) is 0.425. The predicted molar refractivity (Wildman–Crippen MR) is 197 cm³/mol. The number of esters is 2. The molecule has 8 heteroatoms. The zero-order chi connectivity index (χ0) is 35.8. The Kier molecular flexibility index (Phi) is 13.5. The summed E-state index contributed by atoms with van der Waals surface area (Å²) in [5, 5.41) is 9.56. The number of allylic oxidation sites excluding steroid dienone is 4. The number of carbonyl (C=O) groups is 2. The molecule has 2 saturated carbocycles. The van der Waals surface area contributed by atoms with E-state index in [4.69, 9.17) is 20.6 Å². The van der Waals surface area contributed by atoms with Gasteiger partial charge in [0.2, 0.25) is 6.10 Å². The van der Waals surface area contributed by atoms with Crippen LogP contribution >= 0.6 is 31.9 Å². The molecular formula is C40H45Br2NO5. The van der Waals surface area contributed by atoms with E-state index in [0.29, 0.717) is 17.1 Å². The summed E-state index contributed by atoms with van der Waals surface area (Å²) in [7, 11) is 0. The van der Waals surface area contributed by atoms with Crippen LogP contribution in [-0.2, 0) is 19.1 Å². The van der Waals surface area contributed by atoms with Crippen molar-refractivity contribution in [1.29, 1.82) is 5.26 Å². The van der Waals surface area contributed by atoms with Crippen LogP contribution < -0.4 is 4.74 Å². The van der Waals surface area contributed by atoms with Crippen LogP contribution in [0.25, 0.3) is 0 Å². The number of rotatable bonds is 11. The molecule has 0 saturated heterocycles. The molecule has 2 aromatic rings. The zero-order valence-electron chi connectivity index (χ0n) is 28.9. The van der Waals surface area contributed by atoms with Crippen molar-refractivity contribution in [3.05, 3.63) is 92.9 Å². The van der Waals surface area contributed by atoms with E-state index in [9.17, 15) is 14.9 Å². The SMILES string of the molecule is C#CC(OC(=O)[C@@H]1C(C=C(C)C)C1(C)C)/C(C)=C/CC.CC1(C)[C@H](C(=O)O[C@H](C#N)c2cccc(Oc3ccccc3)c2)[C@@H]1C=C(Br)Br. The van der Waals surface area contributed by atoms with E-state index in [-0.39, 0.29) is 46.4 Å². The molecular weight excluding hydrogens is 734 g/mol. The van der Waals surface area contributed by atoms with Crippen LogP contribution in [0.2, 0.25) is 0 Å². The largest absolute Gasteiger partial charge is 0.457 e. The molecule has 2 aromatic carbocycles. The lowest BCUT2D eigenvalue weighted by Gasteiger charge is -2.13. The van der Waals surface area contributed by atoms with Gasteiger partial charge in [-0.3, -0.25) is 9.59 Å². The number of para-hydroxylation sites is 1. The lowest BCUT2D eigenvalue weighted by molar-refractivity contribution is -0.150. The maximum atomic E-state index is 12.7. The van der Waals surface area contributed by atoms with Crippen molar-refractivity contribution in [2.75, 3.05) is 0 Å². The maximum absolute atomic E-state index is 12.7. The third kappa shape index (κ3) is 9.97. The first kappa shape index (κ1) is 38.9. The van der Waals surface area contributed by atoms with Gasteiger partial charge in [-0.15, -0.1) is 6.42 Å². The summed E-state index contributed by atoms with van der Waals surface area (Å²) in [5.41, 5.74) is 2.50. The van der Waals surface area contributed by atoms with Crippen molar-refractivity contribution < 1.29 is 23.8 Å². The minimum absolute atomic E-state index is 0.0319. The van der Waals surface area contributed by atoms with Gasteiger partial charge in [-0.2, -0.15) is 5.26 Å². The van der Waals surface area contributed by atoms with Gasteiger partial charge in [-0.25, -0.2) is 0 Å². The smallest absolute Gasteiger partial charge is 0.311 e. The van der Waals surface area contributed by atoms with Crippen LogP contribution in [0.4, 0.5) is 0 Å². The highest BCUT2D eigenvalue weighted by Gasteiger charge is 2.62. The topological polar surface area (TPSA) is 85.6 Å². The summed E-state index contributed by atoms with van der Waals surface area (Å²) >= 11 is 6.68. The Morgan fingerprint density at radius 1 is 0.896 bits per heavy atom. The van der Waals surface area contributed by atoms with Crippen molar-refractivity contribution in [3.8, 4) is 29.9 Å². The van der Waals surface area contributed by atoms with Crippen molar-refractivity contribution in [2.45, 2.75) is 74.0 Å². The number of ether oxygens (including phenoxy) is 3. The number of terminal acetylenes is 1. The number of nitrogens with zero attached hydrogens (tertiary/aromatic N) is 1. The highest BCUT2D eigenvalue weighted by Crippen LogP contribution is 2.61. The van der Waals surface area contributed by atoms with Crippen LogP contribution in [0.1, 0.15) is 73.5 Å². The summed E-state index contributed by atoms with van der Waals surface area (Å²) in [6.07, 6.45) is 10.9. The summed E-state index contributed by atoms with van der Waals surface area (Å²) in [4.78, 5) is 25.0. The zero-order valence-corrected chi connectivity index (χ0v) is 32.1. The first-order valence-corrected chi connectivity index (χ1v) is 17.6. The highest BCUT2D eigenvalue weighted by molar-refractivity contribution is 9.28. The minimum atomic E-state index is -0.986. The number of benzene rings is 2. The lowest BCUT2D eigenvalue weighted by atomic mass is 10.1. The molecule has 6 atom stereocenters. The normalized spacial score (nSPS) is 22.5. The molecule has 2 aliphatic rings. The third-order valence-electron chi connectivity index (χ3n) is 8.96. The number of nitriles is 1. The molecule has 48 heavy (non-hydrogen) atoms. The standard InChI is InChI=1S/C22H19Br2NO3.C18H26O2/c1-22(2)17(12-19(23)24)20(22)21(26)28-18(13-25)14-7-6-10-16(11-14)27-15-8-4-3-5-9-15;1-8-10-13(5)15(9-2)20-17(19)16-14(11-12(3)4)18(16,6)7/h3-12,17-18,20H,1-2H3;2,10-11,14-16H,8H2,1,3-7H3/b;13-10+/t17-,18+,20-;14?,15?,16-/m00/s1. The van der Waals surface area contributed by atoms with E-state index in [2.05, 4.69) is 77.6 Å². The molecule has 0 bridgehead atoms. The molecule has 0 amide bonds. The fourth-order valence-electron chi connectivity index (χ4n) is 5.97. The van der Waals surface area contributed by atoms with Gasteiger partial charge in [-0.1, -0.05) is 94.7 Å². The Morgan fingerprint density at radius 3 is 1.98 bits per heavy atom. The molecule has 254 valence electrons. The molecule has 0 aliphatic heterocycles. The summed E-state index contributed by atoms with van der Waals surface area (Å²) in [5.74, 6) is 3.24. The Balaban J connectivity index is 0.000000277. The van der Waals surface area contributed by atoms with Crippen molar-refractivity contribution in [1.82, 2.24) is 0 Å². The Morgan fingerprint density at radius 2 is 1.46 bits per heavy atom. The van der Waals surface area contributed by atoms with Gasteiger partial charge in [0.15, 0.2) is 6.10 Å². The van der Waals surface area contributed by atoms with Crippen LogP contribution in [-0.4, -0.2) is 18.0 Å². The van der Waals surface area contributed by atoms with Gasteiger partial charge < -0.3 is 14.2 Å². The highest BCUT2D eigenvalue weighted by atomic mass is 79.9. The number of carbonyl (C=O) groups excluding carboxylic acids is 2. The van der Waals surface area contributed by atoms with E-state index in [1.54, 1.807) is 24.3 Å². The van der Waals surface area contributed by atoms with Crippen molar-refractivity contribution in [2.24, 2.45) is 34.5 Å². The first-order chi connectivity index (χ1) is 22.6. The molecule has 4 rings (SSSR count). The Hall–Kier alpha value is -3.59. The Bertz CT molecular complexity index is 1640. The molecule has 6 nitrogen and oxygen atoms in total. The second kappa shape index (κ2) is 16.7. The summed E-state index contributed by atoms with van der Waals surface area (Å²) in [6.45, 7) is 16.3. The number of halogens is 2. The minimum Gasteiger partial charge on any atom is -0.457 e. The van der Waals surface area contributed by atoms with Crippen LogP contribution in [0, 0.1) is 58.2 Å². The molecule has 0 N–H and O–H groups in total. The second-order valence-corrected chi connectivity index (χ2v) is 16.4. The van der Waals surface area contributed by atoms with E-state index < -0.39 is 12.2 Å². The van der Waals surface area contributed by atoms with Gasteiger partial charge in [0.1, 0.15) is 17.6 Å². The van der Waals surface area contributed by atoms with E-state index in [0.717, 1.165) is 15.4 Å². The molecule has 2 unspecified atom stereocenters. The van der Waals surface area contributed by atoms with Crippen molar-refractivity contribution >= 4 is 43.8 Å². The maximum Gasteiger partial charge on any atom is 0.311 e. The average Bonchev–Trinajstić information content (AvgIpc) is 3.78. The number of hydrogen-bond acceptors (Lipinski definition) is 6. The molecule has 2 fully saturated rings. The van der Waals surface area contributed by atoms with Crippen LogP contribution in [0.5, 0.6) is 11.5 Å². The Labute approximate surface area is 302 Å². The molecule has 0 heterocycles. The molecule has 0 aromatic heterocycles. The monoisotopic (exact) mass is 777 g/mol. The lowest BCUT2D eigenvalue weighted by Crippen LogP contribution is -2.20. The quantitative estimate of drug-likeness (QED) is 0.128. The summed E-state index contributed by atoms with van der Waals surface area (Å²) < 4.78 is 17.7. The van der Waals surface area contributed by atoms with Gasteiger partial charge in [0, 0.05) is 5.56 Å². The predicted octanol–water partition coefficient (Wildman–Crippen LogP) is 10.6. The first-order valence-electron chi connectivity index (χ1n) is 16.0. The average molecular weight is 780 g/mol.